The van der Waals surface area contributed by atoms with Gasteiger partial charge in [0.25, 0.3) is 17.7 Å². The van der Waals surface area contributed by atoms with Crippen molar-refractivity contribution in [2.45, 2.75) is 57.5 Å². The van der Waals surface area contributed by atoms with Crippen LogP contribution in [0.5, 0.6) is 5.75 Å². The molecule has 9 heteroatoms. The molecule has 1 fully saturated rings. The van der Waals surface area contributed by atoms with Crippen molar-refractivity contribution in [1.82, 2.24) is 4.90 Å². The second-order valence-corrected chi connectivity index (χ2v) is 11.3. The Morgan fingerprint density at radius 1 is 0.930 bits per heavy atom. The second-order valence-electron chi connectivity index (χ2n) is 11.3. The number of aryl methyl sites for hydroxylation is 1. The van der Waals surface area contributed by atoms with Gasteiger partial charge in [0.2, 0.25) is 0 Å². The van der Waals surface area contributed by atoms with Crippen LogP contribution in [0.2, 0.25) is 0 Å². The fourth-order valence-electron chi connectivity index (χ4n) is 5.38. The Labute approximate surface area is 250 Å². The van der Waals surface area contributed by atoms with Crippen molar-refractivity contribution >= 4 is 40.1 Å². The summed E-state index contributed by atoms with van der Waals surface area (Å²) in [5.74, 6) is 0.951. The summed E-state index contributed by atoms with van der Waals surface area (Å²) in [6.45, 7) is 1.11. The molecule has 0 atom stereocenters. The number of amides is 3. The first-order valence-electron chi connectivity index (χ1n) is 15.0. The van der Waals surface area contributed by atoms with Crippen LogP contribution in [-0.4, -0.2) is 41.8 Å². The minimum atomic E-state index is -0.211. The lowest BCUT2D eigenvalue weighted by molar-refractivity contribution is -0.118. The molecule has 3 amide bonds. The van der Waals surface area contributed by atoms with E-state index in [1.165, 1.54) is 0 Å². The molecule has 0 spiro atoms. The monoisotopic (exact) mass is 580 g/mol. The first-order chi connectivity index (χ1) is 21.0. The molecular formula is C34H36N4O5. The van der Waals surface area contributed by atoms with Crippen molar-refractivity contribution < 1.29 is 23.5 Å². The van der Waals surface area contributed by atoms with E-state index in [0.29, 0.717) is 34.8 Å². The van der Waals surface area contributed by atoms with Crippen LogP contribution < -0.4 is 21.1 Å². The van der Waals surface area contributed by atoms with Crippen molar-refractivity contribution in [2.24, 2.45) is 5.73 Å². The van der Waals surface area contributed by atoms with E-state index in [9.17, 15) is 14.4 Å². The molecule has 3 aromatic carbocycles. The smallest absolute Gasteiger partial charge is 0.262 e. The number of fused-ring (bicyclic) bond motifs is 2. The van der Waals surface area contributed by atoms with E-state index in [0.717, 1.165) is 73.8 Å². The number of hydrogen-bond acceptors (Lipinski definition) is 6. The van der Waals surface area contributed by atoms with Gasteiger partial charge in [-0.3, -0.25) is 14.4 Å². The van der Waals surface area contributed by atoms with Gasteiger partial charge in [-0.2, -0.15) is 0 Å². The zero-order valence-electron chi connectivity index (χ0n) is 24.1. The Balaban J connectivity index is 1.07. The number of nitrogens with one attached hydrogen (secondary N) is 2. The predicted octanol–water partition coefficient (Wildman–Crippen LogP) is 5.88. The molecule has 1 aromatic heterocycles. The fraction of sp³-hybridized carbons (Fsp3) is 0.324. The highest BCUT2D eigenvalue weighted by Crippen LogP contribution is 2.33. The highest BCUT2D eigenvalue weighted by atomic mass is 16.5. The number of nitrogens with two attached hydrogens (primary N) is 1. The number of anilines is 2. The summed E-state index contributed by atoms with van der Waals surface area (Å²) in [6, 6.07) is 20.4. The number of rotatable bonds is 12. The van der Waals surface area contributed by atoms with Gasteiger partial charge in [-0.1, -0.05) is 25.0 Å². The van der Waals surface area contributed by atoms with Crippen molar-refractivity contribution in [2.75, 3.05) is 23.8 Å². The quantitative estimate of drug-likeness (QED) is 0.180. The summed E-state index contributed by atoms with van der Waals surface area (Å²) in [5, 5.41) is 6.70. The van der Waals surface area contributed by atoms with Crippen LogP contribution in [0.3, 0.4) is 0 Å². The molecule has 222 valence electrons. The summed E-state index contributed by atoms with van der Waals surface area (Å²) in [7, 11) is 0. The Hall–Kier alpha value is -4.63. The number of hydrogen-bond donors (Lipinski definition) is 3. The third kappa shape index (κ3) is 6.89. The van der Waals surface area contributed by atoms with Gasteiger partial charge >= 0.3 is 0 Å². The molecule has 6 rings (SSSR count). The number of carbonyl (C=O) groups is 3. The van der Waals surface area contributed by atoms with Crippen molar-refractivity contribution in [3.05, 3.63) is 89.2 Å². The predicted molar refractivity (Wildman–Crippen MR) is 165 cm³/mol. The van der Waals surface area contributed by atoms with Crippen LogP contribution in [0.25, 0.3) is 11.0 Å². The highest BCUT2D eigenvalue weighted by Gasteiger charge is 2.33. The first kappa shape index (κ1) is 28.5. The molecular weight excluding hydrogens is 544 g/mol. The molecule has 1 aliphatic carbocycles. The van der Waals surface area contributed by atoms with Crippen molar-refractivity contribution in [3.8, 4) is 5.75 Å². The molecule has 43 heavy (non-hydrogen) atoms. The molecule has 0 radical (unpaired) electrons. The van der Waals surface area contributed by atoms with Gasteiger partial charge in [0, 0.05) is 41.2 Å². The van der Waals surface area contributed by atoms with Crippen LogP contribution in [0, 0.1) is 0 Å². The van der Waals surface area contributed by atoms with Gasteiger partial charge in [0.1, 0.15) is 17.1 Å². The van der Waals surface area contributed by atoms with Crippen molar-refractivity contribution in [3.63, 3.8) is 0 Å². The second kappa shape index (κ2) is 12.7. The lowest BCUT2D eigenvalue weighted by atomic mass is 10.1. The molecule has 1 aliphatic heterocycles. The molecule has 4 aromatic rings. The topological polar surface area (TPSA) is 127 Å². The third-order valence-corrected chi connectivity index (χ3v) is 7.88. The standard InChI is InChI=1S/C34H36N4O5/c35-16-4-2-1-3-5-28-18-25-17-26(11-15-30(25)43-28)36-33(40)23-8-6-22(7-9-23)20-38(27-12-13-27)34(41)24-10-14-29-31(19-24)42-21-32(39)37-29/h6-11,14-15,17-19,27H,1-5,12-13,16,20-21,35H2,(H,36,40)(H,37,39). The fourth-order valence-corrected chi connectivity index (χ4v) is 5.38. The summed E-state index contributed by atoms with van der Waals surface area (Å²) < 4.78 is 11.5. The summed E-state index contributed by atoms with van der Waals surface area (Å²) in [6.07, 6.45) is 7.20. The third-order valence-electron chi connectivity index (χ3n) is 7.88. The molecule has 0 bridgehead atoms. The van der Waals surface area contributed by atoms with E-state index in [1.807, 2.05) is 41.3 Å². The normalized spacial score (nSPS) is 14.1. The maximum atomic E-state index is 13.5. The molecule has 0 unspecified atom stereocenters. The minimum Gasteiger partial charge on any atom is -0.482 e. The van der Waals surface area contributed by atoms with E-state index in [2.05, 4.69) is 10.6 Å². The number of nitrogens with zero attached hydrogens (tertiary/aromatic N) is 1. The van der Waals surface area contributed by atoms with Crippen LogP contribution in [0.15, 0.2) is 71.1 Å². The molecule has 9 nitrogen and oxygen atoms in total. The number of carbonyl (C=O) groups excluding carboxylic acids is 3. The highest BCUT2D eigenvalue weighted by molar-refractivity contribution is 6.05. The number of unbranched alkanes of at least 4 members (excludes halogenated alkanes) is 3. The lowest BCUT2D eigenvalue weighted by Gasteiger charge is -2.24. The van der Waals surface area contributed by atoms with Gasteiger partial charge in [-0.15, -0.1) is 0 Å². The van der Waals surface area contributed by atoms with Crippen LogP contribution in [0.4, 0.5) is 11.4 Å². The van der Waals surface area contributed by atoms with Gasteiger partial charge in [0.15, 0.2) is 6.61 Å². The molecule has 1 saturated carbocycles. The molecule has 0 saturated heterocycles. The molecule has 2 aliphatic rings. The number of benzene rings is 3. The largest absolute Gasteiger partial charge is 0.482 e. The lowest BCUT2D eigenvalue weighted by Crippen LogP contribution is -2.33. The first-order valence-corrected chi connectivity index (χ1v) is 15.0. The Kier molecular flexibility index (Phi) is 8.42. The van der Waals surface area contributed by atoms with E-state index in [-0.39, 0.29) is 30.4 Å². The van der Waals surface area contributed by atoms with Gasteiger partial charge in [0.05, 0.1) is 5.69 Å². The van der Waals surface area contributed by atoms with Crippen molar-refractivity contribution in [1.29, 1.82) is 0 Å². The van der Waals surface area contributed by atoms with Crippen LogP contribution in [0.1, 0.15) is 70.6 Å². The molecule has 4 N–H and O–H groups in total. The summed E-state index contributed by atoms with van der Waals surface area (Å²) in [5.41, 5.74) is 9.64. The summed E-state index contributed by atoms with van der Waals surface area (Å²) >= 11 is 0. The van der Waals surface area contributed by atoms with Crippen LogP contribution in [-0.2, 0) is 17.8 Å². The number of ether oxygens (including phenoxy) is 1. The van der Waals surface area contributed by atoms with E-state index >= 15 is 0 Å². The van der Waals surface area contributed by atoms with Crippen LogP contribution >= 0.6 is 0 Å². The Morgan fingerprint density at radius 3 is 2.51 bits per heavy atom. The van der Waals surface area contributed by atoms with Gasteiger partial charge in [-0.25, -0.2) is 0 Å². The zero-order valence-corrected chi connectivity index (χ0v) is 24.1. The van der Waals surface area contributed by atoms with E-state index in [1.54, 1.807) is 30.3 Å². The minimum absolute atomic E-state index is 0.0634. The summed E-state index contributed by atoms with van der Waals surface area (Å²) in [4.78, 5) is 39.9. The van der Waals surface area contributed by atoms with E-state index < -0.39 is 0 Å². The Morgan fingerprint density at radius 2 is 1.72 bits per heavy atom. The Bertz CT molecular complexity index is 1640. The average molecular weight is 581 g/mol. The maximum Gasteiger partial charge on any atom is 0.262 e. The van der Waals surface area contributed by atoms with E-state index in [4.69, 9.17) is 14.9 Å². The molecule has 2 heterocycles. The average Bonchev–Trinajstić information content (AvgIpc) is 3.78. The maximum absolute atomic E-state index is 13.5. The zero-order chi connectivity index (χ0) is 29.8. The van der Waals surface area contributed by atoms with Gasteiger partial charge in [-0.05, 0) is 92.4 Å². The SMILES string of the molecule is NCCCCCCc1cc2cc(NC(=O)c3ccc(CN(C(=O)c4ccc5c(c4)OCC(=O)N5)C4CC4)cc3)ccc2o1. The number of furan rings is 1. The van der Waals surface area contributed by atoms with Gasteiger partial charge < -0.3 is 30.4 Å².